The Labute approximate surface area is 140 Å². The molecule has 24 heavy (non-hydrogen) atoms. The van der Waals surface area contributed by atoms with Crippen LogP contribution in [0.4, 0.5) is 0 Å². The fourth-order valence-electron chi connectivity index (χ4n) is 3.21. The molecule has 7 nitrogen and oxygen atoms in total. The van der Waals surface area contributed by atoms with Crippen LogP contribution in [0.25, 0.3) is 0 Å². The molecular formula is C17H23N3O4. The first-order valence-electron chi connectivity index (χ1n) is 8.28. The largest absolute Gasteiger partial charge is 0.464 e. The summed E-state index contributed by atoms with van der Waals surface area (Å²) in [4.78, 5) is 18.9. The summed E-state index contributed by atoms with van der Waals surface area (Å²) in [6.07, 6.45) is 5.43. The zero-order chi connectivity index (χ0) is 17.1. The number of H-pyrrole nitrogens is 1. The number of hydrogen-bond acceptors (Lipinski definition) is 6. The summed E-state index contributed by atoms with van der Waals surface area (Å²) in [5.41, 5.74) is 1.45. The van der Waals surface area contributed by atoms with E-state index >= 15 is 0 Å². The molecule has 0 aromatic carbocycles. The number of ether oxygens (including phenoxy) is 2. The molecule has 0 amide bonds. The number of esters is 1. The van der Waals surface area contributed by atoms with Gasteiger partial charge in [-0.2, -0.15) is 4.98 Å². The van der Waals surface area contributed by atoms with Crippen LogP contribution in [0.5, 0.6) is 0 Å². The van der Waals surface area contributed by atoms with Gasteiger partial charge in [-0.3, -0.25) is 0 Å². The van der Waals surface area contributed by atoms with Gasteiger partial charge in [-0.05, 0) is 44.7 Å². The molecule has 1 N–H and O–H groups in total. The van der Waals surface area contributed by atoms with E-state index in [2.05, 4.69) is 33.7 Å². The summed E-state index contributed by atoms with van der Waals surface area (Å²) in [5, 5.41) is 4.14. The first-order chi connectivity index (χ1) is 11.5. The second-order valence-corrected chi connectivity index (χ2v) is 6.39. The van der Waals surface area contributed by atoms with E-state index in [1.165, 1.54) is 7.11 Å². The third kappa shape index (κ3) is 3.84. The van der Waals surface area contributed by atoms with Crippen LogP contribution in [-0.2, 0) is 22.3 Å². The predicted molar refractivity (Wildman–Crippen MR) is 85.8 cm³/mol. The number of aryl methyl sites for hydroxylation is 2. The van der Waals surface area contributed by atoms with Crippen molar-refractivity contribution in [2.75, 3.05) is 7.11 Å². The number of aromatic amines is 1. The molecule has 7 heteroatoms. The molecular weight excluding hydrogens is 310 g/mol. The standard InChI is InChI=1S/C17H23N3O4/c1-10-6-13(7-11(2)23-10)16-19-15(24-20-16)5-4-12-8-14(18-9-12)17(21)22-3/h8-11,13,18H,4-7H2,1-3H3/t10-,11+,13?. The Kier molecular flexibility index (Phi) is 4.99. The molecule has 1 unspecified atom stereocenters. The lowest BCUT2D eigenvalue weighted by Gasteiger charge is -2.30. The number of carbonyl (C=O) groups excluding carboxylic acids is 1. The van der Waals surface area contributed by atoms with Gasteiger partial charge in [-0.15, -0.1) is 0 Å². The molecule has 3 atom stereocenters. The van der Waals surface area contributed by atoms with E-state index in [0.29, 0.717) is 23.9 Å². The third-order valence-electron chi connectivity index (χ3n) is 4.32. The summed E-state index contributed by atoms with van der Waals surface area (Å²) < 4.78 is 15.8. The van der Waals surface area contributed by atoms with E-state index in [1.807, 2.05) is 0 Å². The lowest BCUT2D eigenvalue weighted by Crippen LogP contribution is -2.28. The molecule has 3 rings (SSSR count). The number of carbonyl (C=O) groups is 1. The van der Waals surface area contributed by atoms with Gasteiger partial charge in [0.1, 0.15) is 5.69 Å². The SMILES string of the molecule is COC(=O)c1cc(CCc2nc(C3C[C@@H](C)O[C@@H](C)C3)no2)c[nH]1. The minimum atomic E-state index is -0.371. The van der Waals surface area contributed by atoms with Crippen molar-refractivity contribution in [3.63, 3.8) is 0 Å². The highest BCUT2D eigenvalue weighted by molar-refractivity contribution is 5.87. The number of nitrogens with one attached hydrogen (secondary N) is 1. The van der Waals surface area contributed by atoms with Crippen LogP contribution in [0.2, 0.25) is 0 Å². The third-order valence-corrected chi connectivity index (χ3v) is 4.32. The van der Waals surface area contributed by atoms with Crippen molar-refractivity contribution in [1.29, 1.82) is 0 Å². The number of nitrogens with zero attached hydrogens (tertiary/aromatic N) is 2. The second kappa shape index (κ2) is 7.17. The van der Waals surface area contributed by atoms with Crippen LogP contribution < -0.4 is 0 Å². The van der Waals surface area contributed by atoms with Crippen molar-refractivity contribution in [2.45, 2.75) is 57.7 Å². The van der Waals surface area contributed by atoms with Gasteiger partial charge in [-0.25, -0.2) is 4.79 Å². The molecule has 3 heterocycles. The average molecular weight is 333 g/mol. The molecule has 0 aliphatic carbocycles. The number of hydrogen-bond donors (Lipinski definition) is 1. The first kappa shape index (κ1) is 16.7. The van der Waals surface area contributed by atoms with Crippen molar-refractivity contribution in [1.82, 2.24) is 15.1 Å². The molecule has 0 saturated carbocycles. The van der Waals surface area contributed by atoms with Crippen molar-refractivity contribution in [3.8, 4) is 0 Å². The maximum absolute atomic E-state index is 11.4. The van der Waals surface area contributed by atoms with E-state index in [9.17, 15) is 4.79 Å². The Hall–Kier alpha value is -2.15. The lowest BCUT2D eigenvalue weighted by molar-refractivity contribution is -0.0393. The topological polar surface area (TPSA) is 90.2 Å². The Balaban J connectivity index is 1.58. The minimum absolute atomic E-state index is 0.220. The molecule has 0 bridgehead atoms. The fourth-order valence-corrected chi connectivity index (χ4v) is 3.21. The smallest absolute Gasteiger partial charge is 0.354 e. The summed E-state index contributed by atoms with van der Waals surface area (Å²) in [6.45, 7) is 4.16. The van der Waals surface area contributed by atoms with Crippen LogP contribution in [-0.4, -0.2) is 40.4 Å². The van der Waals surface area contributed by atoms with E-state index in [1.54, 1.807) is 12.3 Å². The highest BCUT2D eigenvalue weighted by atomic mass is 16.5. The molecule has 130 valence electrons. The molecule has 1 aliphatic heterocycles. The molecule has 2 aromatic rings. The van der Waals surface area contributed by atoms with E-state index in [0.717, 1.165) is 30.7 Å². The zero-order valence-corrected chi connectivity index (χ0v) is 14.2. The predicted octanol–water partition coefficient (Wildman–Crippen LogP) is 2.64. The first-order valence-corrected chi connectivity index (χ1v) is 8.28. The van der Waals surface area contributed by atoms with Gasteiger partial charge in [0.05, 0.1) is 19.3 Å². The Morgan fingerprint density at radius 3 is 2.79 bits per heavy atom. The number of methoxy groups -OCH3 is 1. The summed E-state index contributed by atoms with van der Waals surface area (Å²) in [6, 6.07) is 1.78. The minimum Gasteiger partial charge on any atom is -0.464 e. The molecule has 0 radical (unpaired) electrons. The molecule has 1 aliphatic rings. The summed E-state index contributed by atoms with van der Waals surface area (Å²) in [7, 11) is 1.36. The molecule has 1 fully saturated rings. The van der Waals surface area contributed by atoms with Crippen LogP contribution in [0.3, 0.4) is 0 Å². The monoisotopic (exact) mass is 333 g/mol. The highest BCUT2D eigenvalue weighted by Gasteiger charge is 2.29. The highest BCUT2D eigenvalue weighted by Crippen LogP contribution is 2.31. The van der Waals surface area contributed by atoms with Crippen molar-refractivity contribution in [2.24, 2.45) is 0 Å². The van der Waals surface area contributed by atoms with E-state index < -0.39 is 0 Å². The maximum atomic E-state index is 11.4. The van der Waals surface area contributed by atoms with Crippen molar-refractivity contribution in [3.05, 3.63) is 35.2 Å². The lowest BCUT2D eigenvalue weighted by atomic mass is 9.92. The van der Waals surface area contributed by atoms with Crippen LogP contribution >= 0.6 is 0 Å². The fraction of sp³-hybridized carbons (Fsp3) is 0.588. The van der Waals surface area contributed by atoms with Crippen molar-refractivity contribution < 1.29 is 18.8 Å². The normalized spacial score (nSPS) is 24.0. The van der Waals surface area contributed by atoms with Gasteiger partial charge >= 0.3 is 5.97 Å². The number of rotatable bonds is 5. The van der Waals surface area contributed by atoms with Gasteiger partial charge in [0.25, 0.3) is 0 Å². The Morgan fingerprint density at radius 1 is 1.33 bits per heavy atom. The van der Waals surface area contributed by atoms with Crippen LogP contribution in [0.1, 0.15) is 60.4 Å². The summed E-state index contributed by atoms with van der Waals surface area (Å²) in [5.74, 6) is 1.32. The van der Waals surface area contributed by atoms with Gasteiger partial charge in [0.2, 0.25) is 5.89 Å². The van der Waals surface area contributed by atoms with Gasteiger partial charge in [-0.1, -0.05) is 5.16 Å². The quantitative estimate of drug-likeness (QED) is 0.846. The number of aromatic nitrogens is 3. The zero-order valence-electron chi connectivity index (χ0n) is 14.2. The second-order valence-electron chi connectivity index (χ2n) is 6.39. The van der Waals surface area contributed by atoms with Gasteiger partial charge < -0.3 is 19.0 Å². The maximum Gasteiger partial charge on any atom is 0.354 e. The van der Waals surface area contributed by atoms with Gasteiger partial charge in [0, 0.05) is 18.5 Å². The van der Waals surface area contributed by atoms with Crippen LogP contribution in [0, 0.1) is 0 Å². The molecule has 2 aromatic heterocycles. The average Bonchev–Trinajstić information content (AvgIpc) is 3.20. The van der Waals surface area contributed by atoms with E-state index in [-0.39, 0.29) is 18.2 Å². The molecule has 1 saturated heterocycles. The summed E-state index contributed by atoms with van der Waals surface area (Å²) >= 11 is 0. The molecule has 0 spiro atoms. The van der Waals surface area contributed by atoms with E-state index in [4.69, 9.17) is 9.26 Å². The van der Waals surface area contributed by atoms with Crippen LogP contribution in [0.15, 0.2) is 16.8 Å². The van der Waals surface area contributed by atoms with Crippen molar-refractivity contribution >= 4 is 5.97 Å². The Morgan fingerprint density at radius 2 is 2.08 bits per heavy atom. The Bertz CT molecular complexity index is 684. The van der Waals surface area contributed by atoms with Gasteiger partial charge in [0.15, 0.2) is 5.82 Å².